The number of nitrogens with one attached hydrogen (secondary N) is 1. The maximum atomic E-state index is 9.79. The molecule has 0 aliphatic carbocycles. The van der Waals surface area contributed by atoms with Gasteiger partial charge >= 0.3 is 0 Å². The molecule has 0 saturated carbocycles. The van der Waals surface area contributed by atoms with Gasteiger partial charge in [0.05, 0.1) is 6.10 Å². The first-order chi connectivity index (χ1) is 5.11. The van der Waals surface area contributed by atoms with Gasteiger partial charge in [-0.25, -0.2) is 0 Å². The monoisotopic (exact) mass is 161 g/mol. The quantitative estimate of drug-likeness (QED) is 0.472. The van der Waals surface area contributed by atoms with Crippen LogP contribution in [0.4, 0.5) is 0 Å². The van der Waals surface area contributed by atoms with Crippen LogP contribution in [0.15, 0.2) is 0 Å². The summed E-state index contributed by atoms with van der Waals surface area (Å²) in [5.74, 6) is 0. The third-order valence-corrected chi connectivity index (χ3v) is 2.30. The normalized spacial score (nSPS) is 40.9. The lowest BCUT2D eigenvalue weighted by Gasteiger charge is -2.30. The maximum absolute atomic E-state index is 9.79. The highest BCUT2D eigenvalue weighted by Gasteiger charge is 2.45. The van der Waals surface area contributed by atoms with Gasteiger partial charge in [-0.15, -0.1) is 0 Å². The average molecular weight is 161 g/mol. The van der Waals surface area contributed by atoms with Crippen molar-refractivity contribution in [2.45, 2.75) is 24.7 Å². The van der Waals surface area contributed by atoms with E-state index in [2.05, 4.69) is 5.32 Å². The first-order valence-corrected chi connectivity index (χ1v) is 3.75. The third kappa shape index (κ3) is 1.39. The van der Waals surface area contributed by atoms with Crippen molar-refractivity contribution in [1.82, 2.24) is 5.32 Å². The molecule has 3 atom stereocenters. The van der Waals surface area contributed by atoms with E-state index in [0.717, 1.165) is 0 Å². The summed E-state index contributed by atoms with van der Waals surface area (Å²) >= 11 is 0. The Balaban J connectivity index is 2.67. The molecule has 4 nitrogen and oxygen atoms in total. The molecule has 4 heteroatoms. The smallest absolute Gasteiger partial charge is 0.130 e. The van der Waals surface area contributed by atoms with Crippen LogP contribution in [0.25, 0.3) is 0 Å². The first-order valence-electron chi connectivity index (χ1n) is 3.75. The molecule has 0 unspecified atom stereocenters. The zero-order valence-corrected chi connectivity index (χ0v) is 6.87. The zero-order chi connectivity index (χ0) is 8.48. The Bertz CT molecular complexity index is 140. The van der Waals surface area contributed by atoms with Crippen LogP contribution in [0.2, 0.25) is 0 Å². The Morgan fingerprint density at radius 1 is 1.73 bits per heavy atom. The van der Waals surface area contributed by atoms with Crippen LogP contribution in [-0.4, -0.2) is 48.2 Å². The van der Waals surface area contributed by atoms with Gasteiger partial charge in [-0.05, 0) is 6.92 Å². The molecule has 1 rings (SSSR count). The molecule has 3 N–H and O–H groups in total. The van der Waals surface area contributed by atoms with Gasteiger partial charge in [0.1, 0.15) is 11.7 Å². The molecule has 0 aromatic heterocycles. The Labute approximate surface area is 66.2 Å². The SMILES string of the molecule is CO[C@H]1CNC[C@@]1(O)[C@@H](C)O. The fourth-order valence-corrected chi connectivity index (χ4v) is 1.40. The number of rotatable bonds is 2. The highest BCUT2D eigenvalue weighted by molar-refractivity contribution is 5.00. The predicted molar refractivity (Wildman–Crippen MR) is 40.3 cm³/mol. The fourth-order valence-electron chi connectivity index (χ4n) is 1.40. The van der Waals surface area contributed by atoms with E-state index in [1.165, 1.54) is 7.11 Å². The summed E-state index contributed by atoms with van der Waals surface area (Å²) in [5.41, 5.74) is -1.12. The second kappa shape index (κ2) is 3.06. The van der Waals surface area contributed by atoms with Crippen molar-refractivity contribution in [3.05, 3.63) is 0 Å². The highest BCUT2D eigenvalue weighted by Crippen LogP contribution is 2.21. The summed E-state index contributed by atoms with van der Waals surface area (Å²) in [7, 11) is 1.53. The number of hydrogen-bond donors (Lipinski definition) is 3. The molecule has 1 saturated heterocycles. The van der Waals surface area contributed by atoms with E-state index in [1.54, 1.807) is 6.92 Å². The van der Waals surface area contributed by atoms with Crippen molar-refractivity contribution in [1.29, 1.82) is 0 Å². The molecular formula is C7H15NO3. The van der Waals surface area contributed by atoms with E-state index < -0.39 is 11.7 Å². The summed E-state index contributed by atoms with van der Waals surface area (Å²) in [6.45, 7) is 2.56. The Kier molecular flexibility index (Phi) is 2.49. The molecule has 11 heavy (non-hydrogen) atoms. The van der Waals surface area contributed by atoms with Crippen molar-refractivity contribution in [3.63, 3.8) is 0 Å². The van der Waals surface area contributed by atoms with Gasteiger partial charge in [0, 0.05) is 20.2 Å². The summed E-state index contributed by atoms with van der Waals surface area (Å²) in [4.78, 5) is 0. The van der Waals surface area contributed by atoms with Gasteiger partial charge in [0.25, 0.3) is 0 Å². The van der Waals surface area contributed by atoms with Crippen molar-refractivity contribution < 1.29 is 14.9 Å². The molecule has 0 radical (unpaired) electrons. The van der Waals surface area contributed by atoms with Crippen molar-refractivity contribution in [3.8, 4) is 0 Å². The number of hydrogen-bond acceptors (Lipinski definition) is 4. The van der Waals surface area contributed by atoms with Crippen molar-refractivity contribution in [2.24, 2.45) is 0 Å². The van der Waals surface area contributed by atoms with Crippen LogP contribution >= 0.6 is 0 Å². The first kappa shape index (κ1) is 8.93. The van der Waals surface area contributed by atoms with Crippen LogP contribution in [0.3, 0.4) is 0 Å². The van der Waals surface area contributed by atoms with Gasteiger partial charge in [0.15, 0.2) is 0 Å². The van der Waals surface area contributed by atoms with Crippen molar-refractivity contribution in [2.75, 3.05) is 20.2 Å². The summed E-state index contributed by atoms with van der Waals surface area (Å²) in [6.07, 6.45) is -1.06. The molecule has 0 spiro atoms. The Morgan fingerprint density at radius 3 is 2.73 bits per heavy atom. The van der Waals surface area contributed by atoms with E-state index in [1.807, 2.05) is 0 Å². The number of aliphatic hydroxyl groups excluding tert-OH is 1. The molecule has 66 valence electrons. The summed E-state index contributed by atoms with van der Waals surface area (Å²) < 4.78 is 5.02. The van der Waals surface area contributed by atoms with E-state index in [4.69, 9.17) is 4.74 Å². The van der Waals surface area contributed by atoms with Gasteiger partial charge in [-0.1, -0.05) is 0 Å². The van der Waals surface area contributed by atoms with Gasteiger partial charge in [0.2, 0.25) is 0 Å². The molecular weight excluding hydrogens is 146 g/mol. The minimum Gasteiger partial charge on any atom is -0.390 e. The lowest BCUT2D eigenvalue weighted by atomic mass is 9.94. The van der Waals surface area contributed by atoms with Crippen LogP contribution in [0.1, 0.15) is 6.92 Å². The largest absolute Gasteiger partial charge is 0.390 e. The van der Waals surface area contributed by atoms with Gasteiger partial charge in [-0.3, -0.25) is 0 Å². The number of aliphatic hydroxyl groups is 2. The topological polar surface area (TPSA) is 61.7 Å². The molecule has 0 amide bonds. The van der Waals surface area contributed by atoms with E-state index in [-0.39, 0.29) is 6.10 Å². The van der Waals surface area contributed by atoms with Crippen molar-refractivity contribution >= 4 is 0 Å². The maximum Gasteiger partial charge on any atom is 0.130 e. The molecule has 1 heterocycles. The number of β-amino-alcohol motifs (C(OH)–C–C–N with tert-alkyl or cyclic N) is 1. The lowest BCUT2D eigenvalue weighted by Crippen LogP contribution is -2.51. The number of ether oxygens (including phenoxy) is 1. The van der Waals surface area contributed by atoms with Gasteiger partial charge in [-0.2, -0.15) is 0 Å². The molecule has 0 bridgehead atoms. The molecule has 0 aromatic rings. The fraction of sp³-hybridized carbons (Fsp3) is 1.00. The Hall–Kier alpha value is -0.160. The predicted octanol–water partition coefficient (Wildman–Crippen LogP) is -1.28. The van der Waals surface area contributed by atoms with E-state index >= 15 is 0 Å². The van der Waals surface area contributed by atoms with Crippen LogP contribution in [-0.2, 0) is 4.74 Å². The van der Waals surface area contributed by atoms with Crippen LogP contribution in [0, 0.1) is 0 Å². The minimum absolute atomic E-state index is 0.303. The van der Waals surface area contributed by atoms with Crippen LogP contribution in [0.5, 0.6) is 0 Å². The highest BCUT2D eigenvalue weighted by atomic mass is 16.5. The third-order valence-electron chi connectivity index (χ3n) is 2.30. The standard InChI is InChI=1S/C7H15NO3/c1-5(9)7(10)4-8-3-6(7)11-2/h5-6,8-10H,3-4H2,1-2H3/t5-,6+,7-/m1/s1. The minimum atomic E-state index is -1.12. The molecule has 1 aliphatic rings. The summed E-state index contributed by atoms with van der Waals surface area (Å²) in [5, 5.41) is 22.0. The summed E-state index contributed by atoms with van der Waals surface area (Å²) in [6, 6.07) is 0. The molecule has 0 aromatic carbocycles. The second-order valence-electron chi connectivity index (χ2n) is 3.02. The number of methoxy groups -OCH3 is 1. The van der Waals surface area contributed by atoms with Gasteiger partial charge < -0.3 is 20.3 Å². The zero-order valence-electron chi connectivity index (χ0n) is 6.87. The molecule has 1 fully saturated rings. The lowest BCUT2D eigenvalue weighted by molar-refractivity contribution is -0.123. The second-order valence-corrected chi connectivity index (χ2v) is 3.02. The van der Waals surface area contributed by atoms with E-state index in [9.17, 15) is 10.2 Å². The average Bonchev–Trinajstić information content (AvgIpc) is 2.32. The molecule has 1 aliphatic heterocycles. The Morgan fingerprint density at radius 2 is 2.36 bits per heavy atom. The van der Waals surface area contributed by atoms with Crippen LogP contribution < -0.4 is 5.32 Å². The van der Waals surface area contributed by atoms with E-state index in [0.29, 0.717) is 13.1 Å².